The van der Waals surface area contributed by atoms with Crippen molar-refractivity contribution in [2.75, 3.05) is 44.6 Å². The Kier molecular flexibility index (Phi) is 6.99. The van der Waals surface area contributed by atoms with E-state index < -0.39 is 6.16 Å². The lowest BCUT2D eigenvalue weighted by molar-refractivity contribution is -0.130. The molecule has 1 amide bonds. The highest BCUT2D eigenvalue weighted by atomic mass is 16.8. The van der Waals surface area contributed by atoms with Gasteiger partial charge in [-0.15, -0.1) is 5.23 Å². The van der Waals surface area contributed by atoms with Crippen LogP contribution in [0.4, 0.5) is 10.5 Å². The van der Waals surface area contributed by atoms with Crippen LogP contribution < -0.4 is 9.96 Å². The van der Waals surface area contributed by atoms with Gasteiger partial charge in [0.15, 0.2) is 0 Å². The Morgan fingerprint density at radius 1 is 1.12 bits per heavy atom. The Morgan fingerprint density at radius 3 is 2.32 bits per heavy atom. The molecule has 1 heterocycles. The summed E-state index contributed by atoms with van der Waals surface area (Å²) in [6.07, 6.45) is -0.128. The largest absolute Gasteiger partial charge is 0.513 e. The average Bonchev–Trinajstić information content (AvgIpc) is 2.59. The Labute approximate surface area is 145 Å². The van der Waals surface area contributed by atoms with Crippen molar-refractivity contribution in [3.63, 3.8) is 0 Å². The number of benzene rings is 1. The molecular weight excluding hydrogens is 330 g/mol. The lowest BCUT2D eigenvalue weighted by atomic mass is 10.3. The molecule has 1 aliphatic rings. The van der Waals surface area contributed by atoms with E-state index >= 15 is 0 Å². The monoisotopic (exact) mass is 353 g/mol. The van der Waals surface area contributed by atoms with Crippen LogP contribution in [-0.4, -0.2) is 71.6 Å². The molecular formula is C16H23N3O6. The highest BCUT2D eigenvalue weighted by Crippen LogP contribution is 2.17. The molecule has 9 nitrogen and oxygen atoms in total. The van der Waals surface area contributed by atoms with Crippen LogP contribution in [0.1, 0.15) is 13.3 Å². The molecule has 0 aliphatic carbocycles. The third-order valence-electron chi connectivity index (χ3n) is 3.93. The number of hydrogen-bond donors (Lipinski definition) is 2. The van der Waals surface area contributed by atoms with Crippen molar-refractivity contribution in [1.82, 2.24) is 9.80 Å². The van der Waals surface area contributed by atoms with Crippen LogP contribution in [0.3, 0.4) is 0 Å². The molecule has 138 valence electrons. The molecule has 1 fully saturated rings. The van der Waals surface area contributed by atoms with E-state index in [0.717, 1.165) is 32.7 Å². The maximum atomic E-state index is 11.6. The van der Waals surface area contributed by atoms with Gasteiger partial charge >= 0.3 is 6.16 Å². The SMILES string of the molecule is CC(=O)N1CCN(CCCOC(=O)Oc2ccc(N(O)O)cc2)CC1. The van der Waals surface area contributed by atoms with E-state index in [2.05, 4.69) is 4.90 Å². The summed E-state index contributed by atoms with van der Waals surface area (Å²) in [6, 6.07) is 5.60. The number of piperazine rings is 1. The second-order valence-corrected chi connectivity index (χ2v) is 5.69. The molecule has 1 aromatic rings. The summed E-state index contributed by atoms with van der Waals surface area (Å²) in [6.45, 7) is 5.71. The molecule has 2 N–H and O–H groups in total. The molecule has 0 spiro atoms. The molecule has 0 saturated carbocycles. The van der Waals surface area contributed by atoms with E-state index in [1.165, 1.54) is 24.3 Å². The third-order valence-corrected chi connectivity index (χ3v) is 3.93. The van der Waals surface area contributed by atoms with Crippen molar-refractivity contribution in [1.29, 1.82) is 0 Å². The summed E-state index contributed by atoms with van der Waals surface area (Å²) in [5, 5.41) is 17.6. The molecule has 0 atom stereocenters. The van der Waals surface area contributed by atoms with Gasteiger partial charge in [-0.05, 0) is 30.7 Å². The summed E-state index contributed by atoms with van der Waals surface area (Å²) in [5.74, 6) is 0.348. The van der Waals surface area contributed by atoms with Gasteiger partial charge in [-0.2, -0.15) is 0 Å². The van der Waals surface area contributed by atoms with E-state index in [-0.39, 0.29) is 29.2 Å². The zero-order valence-electron chi connectivity index (χ0n) is 14.1. The lowest BCUT2D eigenvalue weighted by Crippen LogP contribution is -2.48. The molecule has 0 aromatic heterocycles. The van der Waals surface area contributed by atoms with Crippen LogP contribution in [0.5, 0.6) is 5.75 Å². The zero-order valence-corrected chi connectivity index (χ0v) is 14.1. The van der Waals surface area contributed by atoms with Crippen molar-refractivity contribution < 1.29 is 29.5 Å². The Balaban J connectivity index is 1.60. The number of amides is 1. The van der Waals surface area contributed by atoms with E-state index in [4.69, 9.17) is 19.9 Å². The first-order chi connectivity index (χ1) is 12.0. The first-order valence-electron chi connectivity index (χ1n) is 8.06. The fourth-order valence-electron chi connectivity index (χ4n) is 2.50. The maximum absolute atomic E-state index is 11.6. The molecule has 1 aliphatic heterocycles. The normalized spacial score (nSPS) is 14.9. The van der Waals surface area contributed by atoms with Crippen LogP contribution in [0, 0.1) is 0 Å². The van der Waals surface area contributed by atoms with Gasteiger partial charge < -0.3 is 14.4 Å². The number of ether oxygens (including phenoxy) is 2. The van der Waals surface area contributed by atoms with Crippen LogP contribution >= 0.6 is 0 Å². The predicted octanol–water partition coefficient (Wildman–Crippen LogP) is 1.34. The van der Waals surface area contributed by atoms with Crippen LogP contribution in [0.15, 0.2) is 24.3 Å². The lowest BCUT2D eigenvalue weighted by Gasteiger charge is -2.34. The van der Waals surface area contributed by atoms with E-state index in [1.54, 1.807) is 6.92 Å². The smallest absolute Gasteiger partial charge is 0.434 e. The fourth-order valence-corrected chi connectivity index (χ4v) is 2.50. The van der Waals surface area contributed by atoms with Crippen molar-refractivity contribution in [2.24, 2.45) is 0 Å². The molecule has 0 unspecified atom stereocenters. The summed E-state index contributed by atoms with van der Waals surface area (Å²) in [4.78, 5) is 26.9. The Morgan fingerprint density at radius 2 is 1.76 bits per heavy atom. The standard InChI is InChI=1S/C16H23N3O6/c1-13(20)18-10-8-17(9-11-18)7-2-12-24-16(21)25-15-5-3-14(4-6-15)19(22)23/h3-6,22-23H,2,7-12H2,1H3. The molecule has 25 heavy (non-hydrogen) atoms. The van der Waals surface area contributed by atoms with Gasteiger partial charge in [-0.3, -0.25) is 20.1 Å². The van der Waals surface area contributed by atoms with Crippen LogP contribution in [0.2, 0.25) is 0 Å². The van der Waals surface area contributed by atoms with Gasteiger partial charge in [0.2, 0.25) is 5.91 Å². The zero-order chi connectivity index (χ0) is 18.2. The number of anilines is 1. The summed E-state index contributed by atoms with van der Waals surface area (Å²) in [7, 11) is 0. The minimum Gasteiger partial charge on any atom is -0.434 e. The van der Waals surface area contributed by atoms with E-state index in [9.17, 15) is 9.59 Å². The number of hydrogen-bond acceptors (Lipinski definition) is 8. The average molecular weight is 353 g/mol. The summed E-state index contributed by atoms with van der Waals surface area (Å²) < 4.78 is 9.99. The first kappa shape index (κ1) is 19.0. The number of rotatable bonds is 6. The van der Waals surface area contributed by atoms with E-state index in [1.807, 2.05) is 4.90 Å². The van der Waals surface area contributed by atoms with Crippen LogP contribution in [0.25, 0.3) is 0 Å². The first-order valence-corrected chi connectivity index (χ1v) is 8.06. The van der Waals surface area contributed by atoms with Gasteiger partial charge in [-0.25, -0.2) is 4.79 Å². The van der Waals surface area contributed by atoms with Crippen molar-refractivity contribution in [3.8, 4) is 5.75 Å². The van der Waals surface area contributed by atoms with Gasteiger partial charge in [0.25, 0.3) is 0 Å². The van der Waals surface area contributed by atoms with Gasteiger partial charge in [0.05, 0.1) is 12.3 Å². The molecule has 1 saturated heterocycles. The van der Waals surface area contributed by atoms with Gasteiger partial charge in [0.1, 0.15) is 5.75 Å². The van der Waals surface area contributed by atoms with E-state index in [0.29, 0.717) is 6.42 Å². The summed E-state index contributed by atoms with van der Waals surface area (Å²) >= 11 is 0. The second kappa shape index (κ2) is 9.21. The fraction of sp³-hybridized carbons (Fsp3) is 0.500. The maximum Gasteiger partial charge on any atom is 0.513 e. The highest BCUT2D eigenvalue weighted by molar-refractivity contribution is 5.73. The highest BCUT2D eigenvalue weighted by Gasteiger charge is 2.18. The molecule has 1 aromatic carbocycles. The Bertz CT molecular complexity index is 570. The molecule has 0 bridgehead atoms. The summed E-state index contributed by atoms with van der Waals surface area (Å²) in [5.41, 5.74) is 0.144. The van der Waals surface area contributed by atoms with Gasteiger partial charge in [-0.1, -0.05) is 0 Å². The molecule has 2 rings (SSSR count). The number of carbonyl (C=O) groups excluding carboxylic acids is 2. The minimum absolute atomic E-state index is 0.0294. The predicted molar refractivity (Wildman–Crippen MR) is 87.8 cm³/mol. The van der Waals surface area contributed by atoms with Crippen molar-refractivity contribution in [3.05, 3.63) is 24.3 Å². The molecule has 9 heteroatoms. The number of carbonyl (C=O) groups is 2. The number of nitrogens with zero attached hydrogens (tertiary/aromatic N) is 3. The van der Waals surface area contributed by atoms with Crippen molar-refractivity contribution >= 4 is 17.7 Å². The minimum atomic E-state index is -0.806. The third kappa shape index (κ3) is 6.22. The second-order valence-electron chi connectivity index (χ2n) is 5.69. The quantitative estimate of drug-likeness (QED) is 0.342. The van der Waals surface area contributed by atoms with Crippen molar-refractivity contribution in [2.45, 2.75) is 13.3 Å². The molecule has 0 radical (unpaired) electrons. The van der Waals surface area contributed by atoms with Gasteiger partial charge in [0, 0.05) is 39.6 Å². The van der Waals surface area contributed by atoms with Crippen LogP contribution in [-0.2, 0) is 9.53 Å². The Hall–Kier alpha value is -2.36. The topological polar surface area (TPSA) is 103 Å².